The number of amides is 1. The van der Waals surface area contributed by atoms with Crippen LogP contribution in [-0.4, -0.2) is 29.9 Å². The van der Waals surface area contributed by atoms with Crippen molar-refractivity contribution in [2.45, 2.75) is 65.8 Å². The second-order valence-corrected chi connectivity index (χ2v) is 6.22. The molecule has 0 unspecified atom stereocenters. The zero-order valence-corrected chi connectivity index (χ0v) is 12.5. The summed E-state index contributed by atoms with van der Waals surface area (Å²) in [5, 5.41) is 0. The predicted octanol–water partition coefficient (Wildman–Crippen LogP) is 2.79. The second kappa shape index (κ2) is 6.55. The number of rotatable bonds is 5. The zero-order chi connectivity index (χ0) is 13.8. The molecule has 0 aromatic heterocycles. The number of nitrogens with two attached hydrogens (primary N) is 1. The Labute approximate surface area is 112 Å². The summed E-state index contributed by atoms with van der Waals surface area (Å²) < 4.78 is 0. The van der Waals surface area contributed by atoms with Gasteiger partial charge in [0.05, 0.1) is 0 Å². The van der Waals surface area contributed by atoms with Crippen LogP contribution in [0.15, 0.2) is 0 Å². The van der Waals surface area contributed by atoms with E-state index in [1.807, 2.05) is 0 Å². The van der Waals surface area contributed by atoms with Gasteiger partial charge in [-0.05, 0) is 38.0 Å². The fraction of sp³-hybridized carbons (Fsp3) is 0.933. The smallest absolute Gasteiger partial charge is 0.228 e. The predicted molar refractivity (Wildman–Crippen MR) is 76.3 cm³/mol. The maximum absolute atomic E-state index is 12.8. The molecule has 3 nitrogen and oxygen atoms in total. The molecular weight excluding hydrogens is 224 g/mol. The van der Waals surface area contributed by atoms with E-state index >= 15 is 0 Å². The molecule has 106 valence electrons. The topological polar surface area (TPSA) is 46.3 Å². The molecule has 1 fully saturated rings. The molecule has 0 aromatic carbocycles. The van der Waals surface area contributed by atoms with Crippen molar-refractivity contribution >= 4 is 5.91 Å². The van der Waals surface area contributed by atoms with Crippen molar-refractivity contribution in [3.05, 3.63) is 0 Å². The van der Waals surface area contributed by atoms with Crippen molar-refractivity contribution in [2.75, 3.05) is 13.1 Å². The minimum Gasteiger partial charge on any atom is -0.342 e. The highest BCUT2D eigenvalue weighted by Gasteiger charge is 2.39. The fourth-order valence-electron chi connectivity index (χ4n) is 3.15. The first-order chi connectivity index (χ1) is 8.45. The highest BCUT2D eigenvalue weighted by atomic mass is 16.2. The lowest BCUT2D eigenvalue weighted by Crippen LogP contribution is -2.49. The summed E-state index contributed by atoms with van der Waals surface area (Å²) in [6.45, 7) is 10.4. The molecule has 0 atom stereocenters. The Kier molecular flexibility index (Phi) is 5.64. The van der Waals surface area contributed by atoms with Crippen LogP contribution < -0.4 is 5.73 Å². The first kappa shape index (κ1) is 15.5. The van der Waals surface area contributed by atoms with Crippen LogP contribution in [0.25, 0.3) is 0 Å². The second-order valence-electron chi connectivity index (χ2n) is 6.22. The lowest BCUT2D eigenvalue weighted by atomic mass is 9.74. The highest BCUT2D eigenvalue weighted by Crippen LogP contribution is 2.36. The molecule has 0 spiro atoms. The molecule has 0 radical (unpaired) electrons. The zero-order valence-electron chi connectivity index (χ0n) is 12.5. The number of nitrogens with zero attached hydrogens (tertiary/aromatic N) is 1. The van der Waals surface area contributed by atoms with Crippen molar-refractivity contribution in [3.63, 3.8) is 0 Å². The van der Waals surface area contributed by atoms with E-state index in [0.29, 0.717) is 11.8 Å². The van der Waals surface area contributed by atoms with Gasteiger partial charge in [0.15, 0.2) is 0 Å². The molecule has 18 heavy (non-hydrogen) atoms. The van der Waals surface area contributed by atoms with Gasteiger partial charge in [-0.1, -0.05) is 27.7 Å². The van der Waals surface area contributed by atoms with Crippen LogP contribution in [0.2, 0.25) is 0 Å². The Morgan fingerprint density at radius 3 is 2.17 bits per heavy atom. The first-order valence-electron chi connectivity index (χ1n) is 7.50. The molecule has 1 amide bonds. The number of hydrogen-bond acceptors (Lipinski definition) is 2. The van der Waals surface area contributed by atoms with Crippen LogP contribution in [0.4, 0.5) is 0 Å². The van der Waals surface area contributed by atoms with E-state index in [0.717, 1.165) is 45.2 Å². The molecular formula is C15H30N2O. The Balaban J connectivity index is 2.76. The van der Waals surface area contributed by atoms with E-state index in [1.165, 1.54) is 0 Å². The molecule has 1 saturated heterocycles. The van der Waals surface area contributed by atoms with Gasteiger partial charge in [-0.3, -0.25) is 4.79 Å². The molecule has 1 aliphatic rings. The molecule has 2 N–H and O–H groups in total. The summed E-state index contributed by atoms with van der Waals surface area (Å²) in [7, 11) is 0. The van der Waals surface area contributed by atoms with Crippen molar-refractivity contribution in [3.8, 4) is 0 Å². The van der Waals surface area contributed by atoms with Gasteiger partial charge in [0.1, 0.15) is 0 Å². The molecule has 1 rings (SSSR count). The van der Waals surface area contributed by atoms with Gasteiger partial charge >= 0.3 is 0 Å². The Bertz CT molecular complexity index is 264. The van der Waals surface area contributed by atoms with Gasteiger partial charge < -0.3 is 10.6 Å². The van der Waals surface area contributed by atoms with E-state index in [2.05, 4.69) is 32.6 Å². The standard InChI is InChI=1S/C15H30N2O/c1-5-15(6-2,11-12(3)4)14(18)17-9-7-13(16)8-10-17/h12-13H,5-11,16H2,1-4H3. The molecule has 0 bridgehead atoms. The Morgan fingerprint density at radius 1 is 1.28 bits per heavy atom. The van der Waals surface area contributed by atoms with Gasteiger partial charge in [-0.2, -0.15) is 0 Å². The Morgan fingerprint density at radius 2 is 1.78 bits per heavy atom. The van der Waals surface area contributed by atoms with Crippen molar-refractivity contribution < 1.29 is 4.79 Å². The van der Waals surface area contributed by atoms with Crippen LogP contribution in [0.3, 0.4) is 0 Å². The molecule has 1 heterocycles. The largest absolute Gasteiger partial charge is 0.342 e. The SMILES string of the molecule is CCC(CC)(CC(C)C)C(=O)N1CCC(N)CC1. The van der Waals surface area contributed by atoms with Crippen LogP contribution in [-0.2, 0) is 4.79 Å². The third kappa shape index (κ3) is 3.47. The maximum Gasteiger partial charge on any atom is 0.228 e. The third-order valence-corrected chi connectivity index (χ3v) is 4.43. The summed E-state index contributed by atoms with van der Waals surface area (Å²) in [6.07, 6.45) is 4.81. The molecule has 0 aliphatic carbocycles. The van der Waals surface area contributed by atoms with Crippen molar-refractivity contribution in [1.82, 2.24) is 4.90 Å². The molecule has 3 heteroatoms. The number of carbonyl (C=O) groups excluding carboxylic acids is 1. The average molecular weight is 254 g/mol. The van der Waals surface area contributed by atoms with Gasteiger partial charge in [0.2, 0.25) is 5.91 Å². The van der Waals surface area contributed by atoms with E-state index in [9.17, 15) is 4.79 Å². The first-order valence-corrected chi connectivity index (χ1v) is 7.50. The van der Waals surface area contributed by atoms with Gasteiger partial charge in [-0.25, -0.2) is 0 Å². The lowest BCUT2D eigenvalue weighted by molar-refractivity contribution is -0.145. The number of likely N-dealkylation sites (tertiary alicyclic amines) is 1. The van der Waals surface area contributed by atoms with Crippen molar-refractivity contribution in [1.29, 1.82) is 0 Å². The minimum atomic E-state index is -0.143. The van der Waals surface area contributed by atoms with Crippen molar-refractivity contribution in [2.24, 2.45) is 17.1 Å². The van der Waals surface area contributed by atoms with E-state index < -0.39 is 0 Å². The summed E-state index contributed by atoms with van der Waals surface area (Å²) in [5.74, 6) is 0.939. The summed E-state index contributed by atoms with van der Waals surface area (Å²) in [4.78, 5) is 14.9. The van der Waals surface area contributed by atoms with Gasteiger partial charge in [0, 0.05) is 24.5 Å². The average Bonchev–Trinajstić information content (AvgIpc) is 2.36. The monoisotopic (exact) mass is 254 g/mol. The van der Waals surface area contributed by atoms with E-state index in [4.69, 9.17) is 5.73 Å². The Hall–Kier alpha value is -0.570. The van der Waals surface area contributed by atoms with Crippen LogP contribution in [0.5, 0.6) is 0 Å². The summed E-state index contributed by atoms with van der Waals surface area (Å²) in [6, 6.07) is 0.289. The molecule has 0 aromatic rings. The summed E-state index contributed by atoms with van der Waals surface area (Å²) in [5.41, 5.74) is 5.77. The number of piperidine rings is 1. The fourth-order valence-corrected chi connectivity index (χ4v) is 3.15. The van der Waals surface area contributed by atoms with E-state index in [1.54, 1.807) is 0 Å². The lowest BCUT2D eigenvalue weighted by Gasteiger charge is -2.40. The quantitative estimate of drug-likeness (QED) is 0.820. The third-order valence-electron chi connectivity index (χ3n) is 4.43. The number of carbonyl (C=O) groups is 1. The van der Waals surface area contributed by atoms with Crippen LogP contribution >= 0.6 is 0 Å². The molecule has 0 saturated carbocycles. The minimum absolute atomic E-state index is 0.143. The number of hydrogen-bond donors (Lipinski definition) is 1. The van der Waals surface area contributed by atoms with Crippen LogP contribution in [0, 0.1) is 11.3 Å². The van der Waals surface area contributed by atoms with Gasteiger partial charge in [-0.15, -0.1) is 0 Å². The van der Waals surface area contributed by atoms with Gasteiger partial charge in [0.25, 0.3) is 0 Å². The normalized spacial score (nSPS) is 18.4. The van der Waals surface area contributed by atoms with E-state index in [-0.39, 0.29) is 11.5 Å². The maximum atomic E-state index is 12.8. The molecule has 1 aliphatic heterocycles. The summed E-state index contributed by atoms with van der Waals surface area (Å²) >= 11 is 0. The van der Waals surface area contributed by atoms with Crippen LogP contribution in [0.1, 0.15) is 59.8 Å². The highest BCUT2D eigenvalue weighted by molar-refractivity contribution is 5.82.